The molecule has 3 nitrogen and oxygen atoms in total. The smallest absolute Gasteiger partial charge is 0.0540 e. The molecular formula is C17H21N3. The number of nitrogens with zero attached hydrogens (tertiary/aromatic N) is 2. The molecule has 0 heterocycles. The maximum Gasteiger partial charge on any atom is 0.0540 e. The number of rotatable bonds is 6. The Morgan fingerprint density at radius 3 is 2.35 bits per heavy atom. The first-order valence-corrected chi connectivity index (χ1v) is 6.92. The van der Waals surface area contributed by atoms with Crippen LogP contribution in [0.3, 0.4) is 0 Å². The molecule has 0 bridgehead atoms. The lowest BCUT2D eigenvalue weighted by atomic mass is 10.1. The molecule has 0 fully saturated rings. The number of hydrogen-bond donors (Lipinski definition) is 1. The quantitative estimate of drug-likeness (QED) is 0.642. The van der Waals surface area contributed by atoms with Gasteiger partial charge in [0, 0.05) is 25.8 Å². The highest BCUT2D eigenvalue weighted by atomic mass is 15.3. The van der Waals surface area contributed by atoms with Crippen LogP contribution in [-0.2, 0) is 6.54 Å². The Hall–Kier alpha value is -2.29. The van der Waals surface area contributed by atoms with Gasteiger partial charge in [-0.3, -0.25) is 0 Å². The van der Waals surface area contributed by atoms with Crippen molar-refractivity contribution in [3.8, 4) is 0 Å². The van der Waals surface area contributed by atoms with Crippen LogP contribution in [0.1, 0.15) is 18.1 Å². The van der Waals surface area contributed by atoms with Gasteiger partial charge in [-0.05, 0) is 30.2 Å². The Morgan fingerprint density at radius 1 is 1.05 bits per heavy atom. The second-order valence-electron chi connectivity index (χ2n) is 4.57. The average Bonchev–Trinajstić information content (AvgIpc) is 2.52. The predicted octanol–water partition coefficient (Wildman–Crippen LogP) is 3.27. The van der Waals surface area contributed by atoms with Crippen LogP contribution >= 0.6 is 0 Å². The molecule has 1 N–H and O–H groups in total. The molecule has 0 aliphatic rings. The minimum absolute atomic E-state index is 0.932. The lowest BCUT2D eigenvalue weighted by molar-refractivity contribution is 0.832. The molecule has 2 aromatic carbocycles. The topological polar surface area (TPSA) is 27.6 Å². The van der Waals surface area contributed by atoms with E-state index < -0.39 is 0 Å². The lowest BCUT2D eigenvalue weighted by Crippen LogP contribution is -2.21. The zero-order chi connectivity index (χ0) is 14.2. The van der Waals surface area contributed by atoms with Gasteiger partial charge in [0.25, 0.3) is 0 Å². The largest absolute Gasteiger partial charge is 0.367 e. The number of nitrogens with one attached hydrogen (secondary N) is 1. The lowest BCUT2D eigenvalue weighted by Gasteiger charge is -2.23. The summed E-state index contributed by atoms with van der Waals surface area (Å²) in [7, 11) is 1.80. The fourth-order valence-electron chi connectivity index (χ4n) is 2.10. The third-order valence-corrected chi connectivity index (χ3v) is 3.20. The van der Waals surface area contributed by atoms with Crippen LogP contribution in [0.4, 0.5) is 5.69 Å². The molecule has 2 aromatic rings. The Bertz CT molecular complexity index is 532. The van der Waals surface area contributed by atoms with Crippen LogP contribution in [0.5, 0.6) is 0 Å². The summed E-state index contributed by atoms with van der Waals surface area (Å²) in [5, 5.41) is 4.02. The Balaban J connectivity index is 2.09. The summed E-state index contributed by atoms with van der Waals surface area (Å²) in [6.07, 6.45) is 1.82. The van der Waals surface area contributed by atoms with E-state index in [1.165, 1.54) is 11.3 Å². The molecule has 0 saturated heterocycles. The van der Waals surface area contributed by atoms with Crippen LogP contribution < -0.4 is 10.3 Å². The van der Waals surface area contributed by atoms with E-state index in [9.17, 15) is 0 Å². The van der Waals surface area contributed by atoms with Gasteiger partial charge in [0.15, 0.2) is 0 Å². The molecule has 0 unspecified atom stereocenters. The average molecular weight is 267 g/mol. The van der Waals surface area contributed by atoms with Gasteiger partial charge in [0.1, 0.15) is 0 Å². The zero-order valence-electron chi connectivity index (χ0n) is 12.1. The van der Waals surface area contributed by atoms with E-state index in [2.05, 4.69) is 76.9 Å². The van der Waals surface area contributed by atoms with E-state index in [0.717, 1.165) is 18.7 Å². The number of hydrazone groups is 1. The first kappa shape index (κ1) is 14.1. The molecule has 0 aromatic heterocycles. The van der Waals surface area contributed by atoms with Crippen molar-refractivity contribution in [3.63, 3.8) is 0 Å². The van der Waals surface area contributed by atoms with Gasteiger partial charge < -0.3 is 10.3 Å². The summed E-state index contributed by atoms with van der Waals surface area (Å²) in [4.78, 5) is 2.36. The predicted molar refractivity (Wildman–Crippen MR) is 86.3 cm³/mol. The number of benzene rings is 2. The highest BCUT2D eigenvalue weighted by Gasteiger charge is 2.04. The minimum Gasteiger partial charge on any atom is -0.367 e. The Kier molecular flexibility index (Phi) is 5.18. The molecular weight excluding hydrogens is 246 g/mol. The maximum absolute atomic E-state index is 4.02. The molecule has 3 heteroatoms. The van der Waals surface area contributed by atoms with E-state index in [-0.39, 0.29) is 0 Å². The van der Waals surface area contributed by atoms with Gasteiger partial charge in [-0.2, -0.15) is 5.10 Å². The molecule has 20 heavy (non-hydrogen) atoms. The van der Waals surface area contributed by atoms with Crippen molar-refractivity contribution in [1.82, 2.24) is 5.43 Å². The van der Waals surface area contributed by atoms with Crippen molar-refractivity contribution >= 4 is 11.9 Å². The molecule has 0 amide bonds. The van der Waals surface area contributed by atoms with Crippen LogP contribution in [-0.4, -0.2) is 19.8 Å². The monoisotopic (exact) mass is 267 g/mol. The Labute approximate surface area is 120 Å². The molecule has 104 valence electrons. The van der Waals surface area contributed by atoms with Crippen molar-refractivity contribution < 1.29 is 0 Å². The third-order valence-electron chi connectivity index (χ3n) is 3.20. The summed E-state index contributed by atoms with van der Waals surface area (Å²) in [6, 6.07) is 19.0. The standard InChI is InChI=1S/C17H21N3/c1-3-20(14-16-7-5-4-6-8-16)17-11-9-15(10-12-17)13-19-18-2/h4-13,18H,3,14H2,1-2H3/b19-13+. The molecule has 0 atom stereocenters. The van der Waals surface area contributed by atoms with E-state index in [1.807, 2.05) is 6.21 Å². The van der Waals surface area contributed by atoms with Crippen molar-refractivity contribution in [2.24, 2.45) is 5.10 Å². The SMILES string of the molecule is CCN(Cc1ccccc1)c1ccc(/C=N/NC)cc1. The van der Waals surface area contributed by atoms with Gasteiger partial charge >= 0.3 is 0 Å². The fraction of sp³-hybridized carbons (Fsp3) is 0.235. The van der Waals surface area contributed by atoms with Crippen LogP contribution in [0.25, 0.3) is 0 Å². The maximum atomic E-state index is 4.02. The van der Waals surface area contributed by atoms with Gasteiger partial charge in [-0.25, -0.2) is 0 Å². The molecule has 0 saturated carbocycles. The summed E-state index contributed by atoms with van der Waals surface area (Å²) in [5.74, 6) is 0. The van der Waals surface area contributed by atoms with Crippen molar-refractivity contribution in [1.29, 1.82) is 0 Å². The van der Waals surface area contributed by atoms with Crippen LogP contribution in [0.2, 0.25) is 0 Å². The van der Waals surface area contributed by atoms with Crippen molar-refractivity contribution in [2.75, 3.05) is 18.5 Å². The fourth-order valence-corrected chi connectivity index (χ4v) is 2.10. The van der Waals surface area contributed by atoms with E-state index in [4.69, 9.17) is 0 Å². The summed E-state index contributed by atoms with van der Waals surface area (Å²) < 4.78 is 0. The minimum atomic E-state index is 0.932. The van der Waals surface area contributed by atoms with Gasteiger partial charge in [-0.1, -0.05) is 42.5 Å². The second-order valence-corrected chi connectivity index (χ2v) is 4.57. The number of hydrogen-bond acceptors (Lipinski definition) is 3. The first-order chi connectivity index (χ1) is 9.83. The van der Waals surface area contributed by atoms with Crippen molar-refractivity contribution in [2.45, 2.75) is 13.5 Å². The highest BCUT2D eigenvalue weighted by molar-refractivity contribution is 5.80. The molecule has 0 spiro atoms. The second kappa shape index (κ2) is 7.34. The normalized spacial score (nSPS) is 10.7. The van der Waals surface area contributed by atoms with Crippen molar-refractivity contribution in [3.05, 3.63) is 65.7 Å². The van der Waals surface area contributed by atoms with E-state index in [0.29, 0.717) is 0 Å². The molecule has 2 rings (SSSR count). The molecule has 0 radical (unpaired) electrons. The summed E-state index contributed by atoms with van der Waals surface area (Å²) in [6.45, 7) is 4.10. The number of anilines is 1. The van der Waals surface area contributed by atoms with Crippen LogP contribution in [0.15, 0.2) is 59.7 Å². The van der Waals surface area contributed by atoms with Gasteiger partial charge in [0.2, 0.25) is 0 Å². The molecule has 0 aliphatic heterocycles. The summed E-state index contributed by atoms with van der Waals surface area (Å²) in [5.41, 5.74) is 6.42. The third kappa shape index (κ3) is 3.85. The summed E-state index contributed by atoms with van der Waals surface area (Å²) >= 11 is 0. The highest BCUT2D eigenvalue weighted by Crippen LogP contribution is 2.17. The van der Waals surface area contributed by atoms with Crippen LogP contribution in [0, 0.1) is 0 Å². The van der Waals surface area contributed by atoms with E-state index in [1.54, 1.807) is 7.05 Å². The zero-order valence-corrected chi connectivity index (χ0v) is 12.1. The molecule has 0 aliphatic carbocycles. The van der Waals surface area contributed by atoms with Gasteiger partial charge in [0.05, 0.1) is 6.21 Å². The first-order valence-electron chi connectivity index (χ1n) is 6.92. The van der Waals surface area contributed by atoms with Gasteiger partial charge in [-0.15, -0.1) is 0 Å². The van der Waals surface area contributed by atoms with E-state index >= 15 is 0 Å². The Morgan fingerprint density at radius 2 is 1.75 bits per heavy atom.